The summed E-state index contributed by atoms with van der Waals surface area (Å²) in [5, 5.41) is 0. The lowest BCUT2D eigenvalue weighted by molar-refractivity contribution is -0.132. The molecule has 29 heavy (non-hydrogen) atoms. The van der Waals surface area contributed by atoms with Gasteiger partial charge >= 0.3 is 0 Å². The van der Waals surface area contributed by atoms with Gasteiger partial charge < -0.3 is 19.3 Å². The number of likely N-dealkylation sites (N-methyl/N-ethyl adjacent to an activating group) is 2. The lowest BCUT2D eigenvalue weighted by Gasteiger charge is -2.32. The minimum Gasteiger partial charge on any atom is -0.493 e. The van der Waals surface area contributed by atoms with Crippen molar-refractivity contribution in [3.8, 4) is 11.5 Å². The maximum atomic E-state index is 12.6. The third kappa shape index (κ3) is 6.21. The number of rotatable bonds is 8. The molecule has 2 aromatic rings. The Balaban J connectivity index is 1.55. The molecule has 156 valence electrons. The van der Waals surface area contributed by atoms with Crippen molar-refractivity contribution in [2.75, 3.05) is 53.9 Å². The molecule has 0 N–H and O–H groups in total. The van der Waals surface area contributed by atoms with Crippen molar-refractivity contribution in [2.24, 2.45) is 0 Å². The monoisotopic (exact) mass is 397 g/mol. The van der Waals surface area contributed by atoms with E-state index in [9.17, 15) is 4.79 Å². The number of hydrogen-bond donors (Lipinski definition) is 0. The van der Waals surface area contributed by atoms with Gasteiger partial charge in [0.15, 0.2) is 11.5 Å². The first-order valence-corrected chi connectivity index (χ1v) is 10.0. The van der Waals surface area contributed by atoms with Crippen LogP contribution < -0.4 is 9.47 Å². The van der Waals surface area contributed by atoms with Gasteiger partial charge in [-0.2, -0.15) is 0 Å². The van der Waals surface area contributed by atoms with E-state index in [1.165, 1.54) is 0 Å². The Morgan fingerprint density at radius 2 is 1.72 bits per heavy atom. The number of carbonyl (C=O) groups excluding carboxylic acids is 1. The topological polar surface area (TPSA) is 45.2 Å². The second-order valence-electron chi connectivity index (χ2n) is 7.59. The molecular formula is C23H31N3O3. The number of benzene rings is 2. The van der Waals surface area contributed by atoms with Crippen molar-refractivity contribution >= 4 is 5.91 Å². The van der Waals surface area contributed by atoms with E-state index in [2.05, 4.69) is 16.8 Å². The number of nitrogens with zero attached hydrogens (tertiary/aromatic N) is 3. The minimum atomic E-state index is 0.137. The van der Waals surface area contributed by atoms with Crippen LogP contribution in [0, 0.1) is 0 Å². The predicted octanol–water partition coefficient (Wildman–Crippen LogP) is 2.48. The highest BCUT2D eigenvalue weighted by Crippen LogP contribution is 2.29. The van der Waals surface area contributed by atoms with Crippen molar-refractivity contribution in [3.05, 3.63) is 59.7 Å². The Morgan fingerprint density at radius 1 is 1.00 bits per heavy atom. The Hall–Kier alpha value is -2.57. The fraction of sp³-hybridized carbons (Fsp3) is 0.435. The molecule has 2 aromatic carbocycles. The van der Waals surface area contributed by atoms with E-state index in [1.54, 1.807) is 12.0 Å². The van der Waals surface area contributed by atoms with Crippen LogP contribution in [-0.4, -0.2) is 74.5 Å². The molecule has 0 radical (unpaired) electrons. The van der Waals surface area contributed by atoms with Crippen LogP contribution in [0.2, 0.25) is 0 Å². The molecular weight excluding hydrogens is 366 g/mol. The summed E-state index contributed by atoms with van der Waals surface area (Å²) in [4.78, 5) is 18.9. The van der Waals surface area contributed by atoms with Gasteiger partial charge in [0, 0.05) is 39.8 Å². The molecule has 1 fully saturated rings. The molecule has 0 bridgehead atoms. The first-order chi connectivity index (χ1) is 14.0. The Bertz CT molecular complexity index is 789. The Labute approximate surface area is 173 Å². The molecule has 0 aliphatic carbocycles. The zero-order valence-electron chi connectivity index (χ0n) is 17.6. The molecule has 1 aliphatic heterocycles. The van der Waals surface area contributed by atoms with Crippen LogP contribution in [0.3, 0.4) is 0 Å². The summed E-state index contributed by atoms with van der Waals surface area (Å²) in [6.07, 6.45) is 0. The van der Waals surface area contributed by atoms with Gasteiger partial charge in [-0.1, -0.05) is 36.4 Å². The van der Waals surface area contributed by atoms with Crippen LogP contribution in [-0.2, 0) is 17.9 Å². The van der Waals surface area contributed by atoms with Gasteiger partial charge in [0.2, 0.25) is 5.91 Å². The number of methoxy groups -OCH3 is 1. The zero-order chi connectivity index (χ0) is 20.6. The van der Waals surface area contributed by atoms with E-state index in [1.807, 2.05) is 55.6 Å². The molecule has 1 amide bonds. The van der Waals surface area contributed by atoms with E-state index in [-0.39, 0.29) is 5.91 Å². The van der Waals surface area contributed by atoms with Gasteiger partial charge in [0.25, 0.3) is 0 Å². The summed E-state index contributed by atoms with van der Waals surface area (Å²) in [6, 6.07) is 15.9. The van der Waals surface area contributed by atoms with Crippen LogP contribution >= 0.6 is 0 Å². The van der Waals surface area contributed by atoms with Crippen LogP contribution in [0.1, 0.15) is 11.1 Å². The lowest BCUT2D eigenvalue weighted by atomic mass is 10.2. The fourth-order valence-electron chi connectivity index (χ4n) is 3.34. The average molecular weight is 398 g/mol. The van der Waals surface area contributed by atoms with Gasteiger partial charge in [-0.05, 0) is 30.3 Å². The largest absolute Gasteiger partial charge is 0.493 e. The van der Waals surface area contributed by atoms with Gasteiger partial charge in [-0.25, -0.2) is 0 Å². The van der Waals surface area contributed by atoms with Gasteiger partial charge in [-0.15, -0.1) is 0 Å². The maximum absolute atomic E-state index is 12.6. The number of hydrogen-bond acceptors (Lipinski definition) is 5. The van der Waals surface area contributed by atoms with Crippen LogP contribution in [0.25, 0.3) is 0 Å². The van der Waals surface area contributed by atoms with Crippen molar-refractivity contribution in [1.29, 1.82) is 0 Å². The Morgan fingerprint density at radius 3 is 2.41 bits per heavy atom. The van der Waals surface area contributed by atoms with Crippen LogP contribution in [0.15, 0.2) is 48.5 Å². The summed E-state index contributed by atoms with van der Waals surface area (Å²) < 4.78 is 11.4. The summed E-state index contributed by atoms with van der Waals surface area (Å²) in [5.74, 6) is 1.52. The van der Waals surface area contributed by atoms with Crippen molar-refractivity contribution in [1.82, 2.24) is 14.7 Å². The van der Waals surface area contributed by atoms with E-state index in [0.29, 0.717) is 31.2 Å². The lowest BCUT2D eigenvalue weighted by Crippen LogP contribution is -2.48. The van der Waals surface area contributed by atoms with Crippen molar-refractivity contribution < 1.29 is 14.3 Å². The SMILES string of the molecule is COc1cc(CN(C)C(=O)CN2CCN(C)CC2)ccc1OCc1ccccc1. The standard InChI is InChI=1S/C23H31N3O3/c1-24-11-13-26(14-12-24)17-23(27)25(2)16-20-9-10-21(22(15-20)28-3)29-18-19-7-5-4-6-8-19/h4-10,15H,11-14,16-18H2,1-3H3. The summed E-state index contributed by atoms with van der Waals surface area (Å²) in [7, 11) is 5.60. The highest BCUT2D eigenvalue weighted by atomic mass is 16.5. The second kappa shape index (κ2) is 10.3. The average Bonchev–Trinajstić information content (AvgIpc) is 2.75. The molecule has 0 atom stereocenters. The summed E-state index contributed by atoms with van der Waals surface area (Å²) in [5.41, 5.74) is 2.12. The molecule has 6 heteroatoms. The predicted molar refractivity (Wildman–Crippen MR) is 114 cm³/mol. The normalized spacial score (nSPS) is 15.1. The number of carbonyl (C=O) groups is 1. The number of amides is 1. The van der Waals surface area contributed by atoms with Gasteiger partial charge in [-0.3, -0.25) is 9.69 Å². The van der Waals surface area contributed by atoms with Crippen LogP contribution in [0.4, 0.5) is 0 Å². The number of ether oxygens (including phenoxy) is 2. The molecule has 0 spiro atoms. The first kappa shape index (κ1) is 21.1. The summed E-state index contributed by atoms with van der Waals surface area (Å²) >= 11 is 0. The quantitative estimate of drug-likeness (QED) is 0.685. The molecule has 1 aliphatic rings. The highest BCUT2D eigenvalue weighted by Gasteiger charge is 2.19. The van der Waals surface area contributed by atoms with E-state index in [4.69, 9.17) is 9.47 Å². The van der Waals surface area contributed by atoms with Crippen LogP contribution in [0.5, 0.6) is 11.5 Å². The van der Waals surface area contributed by atoms with Crippen molar-refractivity contribution in [2.45, 2.75) is 13.2 Å². The Kier molecular flexibility index (Phi) is 7.49. The third-order valence-corrected chi connectivity index (χ3v) is 5.27. The molecule has 0 unspecified atom stereocenters. The van der Waals surface area contributed by atoms with E-state index in [0.717, 1.165) is 37.3 Å². The smallest absolute Gasteiger partial charge is 0.236 e. The molecule has 6 nitrogen and oxygen atoms in total. The molecule has 0 saturated carbocycles. The van der Waals surface area contributed by atoms with Gasteiger partial charge in [0.1, 0.15) is 6.61 Å². The highest BCUT2D eigenvalue weighted by molar-refractivity contribution is 5.78. The van der Waals surface area contributed by atoms with E-state index < -0.39 is 0 Å². The molecule has 0 aromatic heterocycles. The van der Waals surface area contributed by atoms with Crippen molar-refractivity contribution in [3.63, 3.8) is 0 Å². The summed E-state index contributed by atoms with van der Waals surface area (Å²) in [6.45, 7) is 5.41. The third-order valence-electron chi connectivity index (χ3n) is 5.27. The molecule has 3 rings (SSSR count). The van der Waals surface area contributed by atoms with E-state index >= 15 is 0 Å². The number of piperazine rings is 1. The fourth-order valence-corrected chi connectivity index (χ4v) is 3.34. The van der Waals surface area contributed by atoms with Gasteiger partial charge in [0.05, 0.1) is 13.7 Å². The minimum absolute atomic E-state index is 0.137. The molecule has 1 saturated heterocycles. The maximum Gasteiger partial charge on any atom is 0.236 e. The molecule has 1 heterocycles. The second-order valence-corrected chi connectivity index (χ2v) is 7.59. The zero-order valence-corrected chi connectivity index (χ0v) is 17.6. The first-order valence-electron chi connectivity index (χ1n) is 10.0.